The van der Waals surface area contributed by atoms with E-state index in [-0.39, 0.29) is 11.6 Å². The topological polar surface area (TPSA) is 56.0 Å². The second-order valence-electron chi connectivity index (χ2n) is 4.19. The molecule has 18 heavy (non-hydrogen) atoms. The summed E-state index contributed by atoms with van der Waals surface area (Å²) in [5, 5.41) is 0. The Morgan fingerprint density at radius 3 is 2.44 bits per heavy atom. The lowest BCUT2D eigenvalue weighted by molar-refractivity contribution is 0.103. The molecule has 3 nitrogen and oxygen atoms in total. The molecule has 0 saturated heterocycles. The number of rotatable bonds is 2. The molecule has 92 valence electrons. The molecular formula is C14H13BrN2O. The highest BCUT2D eigenvalue weighted by Gasteiger charge is 2.14. The van der Waals surface area contributed by atoms with Crippen molar-refractivity contribution in [3.63, 3.8) is 0 Å². The van der Waals surface area contributed by atoms with Crippen LogP contribution in [0.3, 0.4) is 0 Å². The molecule has 0 aliphatic rings. The van der Waals surface area contributed by atoms with E-state index in [0.29, 0.717) is 11.1 Å². The summed E-state index contributed by atoms with van der Waals surface area (Å²) in [4.78, 5) is 16.3. The van der Waals surface area contributed by atoms with E-state index in [1.165, 1.54) is 0 Å². The first kappa shape index (κ1) is 12.8. The molecule has 0 unspecified atom stereocenters. The van der Waals surface area contributed by atoms with Crippen molar-refractivity contribution in [1.29, 1.82) is 0 Å². The SMILES string of the molecule is Cc1cc(C(=O)c2cccnc2N)cc(C)c1Br. The number of nitrogen functional groups attached to an aromatic ring is 1. The maximum Gasteiger partial charge on any atom is 0.196 e. The molecule has 1 aromatic carbocycles. The summed E-state index contributed by atoms with van der Waals surface area (Å²) in [5.41, 5.74) is 8.86. The van der Waals surface area contributed by atoms with Gasteiger partial charge in [0.25, 0.3) is 0 Å². The van der Waals surface area contributed by atoms with Crippen molar-refractivity contribution >= 4 is 27.5 Å². The zero-order valence-corrected chi connectivity index (χ0v) is 11.8. The Hall–Kier alpha value is -1.68. The van der Waals surface area contributed by atoms with Gasteiger partial charge in [0.2, 0.25) is 0 Å². The third kappa shape index (κ3) is 2.29. The number of ketones is 1. The first-order valence-corrected chi connectivity index (χ1v) is 6.32. The van der Waals surface area contributed by atoms with E-state index >= 15 is 0 Å². The minimum atomic E-state index is -0.0979. The molecule has 1 aromatic heterocycles. The third-order valence-electron chi connectivity index (χ3n) is 2.78. The van der Waals surface area contributed by atoms with Crippen LogP contribution in [0, 0.1) is 13.8 Å². The first-order valence-electron chi connectivity index (χ1n) is 5.52. The van der Waals surface area contributed by atoms with Gasteiger partial charge in [0.15, 0.2) is 5.78 Å². The summed E-state index contributed by atoms with van der Waals surface area (Å²) in [6.45, 7) is 3.92. The highest BCUT2D eigenvalue weighted by atomic mass is 79.9. The van der Waals surface area contributed by atoms with Crippen molar-refractivity contribution in [2.75, 3.05) is 5.73 Å². The molecule has 0 radical (unpaired) electrons. The van der Waals surface area contributed by atoms with Gasteiger partial charge in [-0.25, -0.2) is 4.98 Å². The van der Waals surface area contributed by atoms with Gasteiger partial charge in [-0.2, -0.15) is 0 Å². The van der Waals surface area contributed by atoms with Crippen molar-refractivity contribution in [2.45, 2.75) is 13.8 Å². The Balaban J connectivity index is 2.51. The summed E-state index contributed by atoms with van der Waals surface area (Å²) < 4.78 is 1.03. The fraction of sp³-hybridized carbons (Fsp3) is 0.143. The zero-order chi connectivity index (χ0) is 13.3. The summed E-state index contributed by atoms with van der Waals surface area (Å²) in [6.07, 6.45) is 1.57. The van der Waals surface area contributed by atoms with Crippen molar-refractivity contribution < 1.29 is 4.79 Å². The number of aromatic nitrogens is 1. The molecule has 0 aliphatic heterocycles. The minimum absolute atomic E-state index is 0.0979. The second kappa shape index (κ2) is 4.90. The van der Waals surface area contributed by atoms with E-state index in [0.717, 1.165) is 15.6 Å². The molecule has 2 rings (SSSR count). The van der Waals surface area contributed by atoms with Crippen LogP contribution in [-0.2, 0) is 0 Å². The summed E-state index contributed by atoms with van der Waals surface area (Å²) in [7, 11) is 0. The molecule has 0 spiro atoms. The van der Waals surface area contributed by atoms with Crippen LogP contribution in [0.2, 0.25) is 0 Å². The third-order valence-corrected chi connectivity index (χ3v) is 4.03. The summed E-state index contributed by atoms with van der Waals surface area (Å²) in [6, 6.07) is 7.11. The number of hydrogen-bond acceptors (Lipinski definition) is 3. The van der Waals surface area contributed by atoms with Gasteiger partial charge in [-0.1, -0.05) is 15.9 Å². The fourth-order valence-electron chi connectivity index (χ4n) is 1.84. The normalized spacial score (nSPS) is 10.4. The average Bonchev–Trinajstić information content (AvgIpc) is 2.35. The number of anilines is 1. The Morgan fingerprint density at radius 1 is 1.28 bits per heavy atom. The number of carbonyl (C=O) groups is 1. The predicted octanol–water partition coefficient (Wildman–Crippen LogP) is 3.27. The van der Waals surface area contributed by atoms with Crippen molar-refractivity contribution in [3.05, 3.63) is 57.2 Å². The predicted molar refractivity (Wildman–Crippen MR) is 75.7 cm³/mol. The van der Waals surface area contributed by atoms with Crippen LogP contribution in [0.5, 0.6) is 0 Å². The average molecular weight is 305 g/mol. The van der Waals surface area contributed by atoms with Gasteiger partial charge in [-0.05, 0) is 49.2 Å². The monoisotopic (exact) mass is 304 g/mol. The maximum absolute atomic E-state index is 12.3. The molecule has 0 fully saturated rings. The van der Waals surface area contributed by atoms with Gasteiger partial charge < -0.3 is 5.73 Å². The van der Waals surface area contributed by atoms with Crippen LogP contribution < -0.4 is 5.73 Å². The van der Waals surface area contributed by atoms with Gasteiger partial charge >= 0.3 is 0 Å². The molecule has 0 aliphatic carbocycles. The van der Waals surface area contributed by atoms with Crippen molar-refractivity contribution in [1.82, 2.24) is 4.98 Å². The molecule has 2 aromatic rings. The molecular weight excluding hydrogens is 292 g/mol. The van der Waals surface area contributed by atoms with E-state index in [4.69, 9.17) is 5.73 Å². The number of nitrogens with zero attached hydrogens (tertiary/aromatic N) is 1. The lowest BCUT2D eigenvalue weighted by atomic mass is 10.00. The summed E-state index contributed by atoms with van der Waals surface area (Å²) >= 11 is 3.48. The number of halogens is 1. The molecule has 1 heterocycles. The smallest absolute Gasteiger partial charge is 0.196 e. The highest BCUT2D eigenvalue weighted by molar-refractivity contribution is 9.10. The lowest BCUT2D eigenvalue weighted by Crippen LogP contribution is -2.07. The molecule has 0 saturated carbocycles. The van der Waals surface area contributed by atoms with E-state index in [1.54, 1.807) is 18.3 Å². The lowest BCUT2D eigenvalue weighted by Gasteiger charge is -2.08. The zero-order valence-electron chi connectivity index (χ0n) is 10.2. The van der Waals surface area contributed by atoms with Gasteiger partial charge in [-0.3, -0.25) is 4.79 Å². The number of pyridine rings is 1. The van der Waals surface area contributed by atoms with Gasteiger partial charge in [0.05, 0.1) is 5.56 Å². The van der Waals surface area contributed by atoms with E-state index < -0.39 is 0 Å². The largest absolute Gasteiger partial charge is 0.383 e. The first-order chi connectivity index (χ1) is 8.50. The second-order valence-corrected chi connectivity index (χ2v) is 4.98. The highest BCUT2D eigenvalue weighted by Crippen LogP contribution is 2.24. The number of aryl methyl sites for hydroxylation is 2. The van der Waals surface area contributed by atoms with Crippen LogP contribution in [0.4, 0.5) is 5.82 Å². The Kier molecular flexibility index (Phi) is 3.48. The number of benzene rings is 1. The van der Waals surface area contributed by atoms with Crippen LogP contribution in [0.1, 0.15) is 27.0 Å². The van der Waals surface area contributed by atoms with Crippen LogP contribution in [-0.4, -0.2) is 10.8 Å². The number of carbonyl (C=O) groups excluding carboxylic acids is 1. The number of nitrogens with two attached hydrogens (primary N) is 1. The Labute approximate surface area is 114 Å². The molecule has 0 bridgehead atoms. The van der Waals surface area contributed by atoms with Gasteiger partial charge in [0.1, 0.15) is 5.82 Å². The molecule has 2 N–H and O–H groups in total. The van der Waals surface area contributed by atoms with E-state index in [9.17, 15) is 4.79 Å². The molecule has 0 amide bonds. The molecule has 4 heteroatoms. The number of hydrogen-bond donors (Lipinski definition) is 1. The van der Waals surface area contributed by atoms with Crippen LogP contribution >= 0.6 is 15.9 Å². The Bertz CT molecular complexity index is 600. The van der Waals surface area contributed by atoms with Gasteiger partial charge in [0, 0.05) is 16.2 Å². The standard InChI is InChI=1S/C14H13BrN2O/c1-8-6-10(7-9(2)12(8)15)13(18)11-4-3-5-17-14(11)16/h3-7H,1-2H3,(H2,16,17). The fourth-order valence-corrected chi connectivity index (χ4v) is 2.07. The van der Waals surface area contributed by atoms with Gasteiger partial charge in [-0.15, -0.1) is 0 Å². The van der Waals surface area contributed by atoms with E-state index in [1.807, 2.05) is 26.0 Å². The molecule has 0 atom stereocenters. The van der Waals surface area contributed by atoms with Crippen molar-refractivity contribution in [3.8, 4) is 0 Å². The minimum Gasteiger partial charge on any atom is -0.383 e. The Morgan fingerprint density at radius 2 is 1.89 bits per heavy atom. The maximum atomic E-state index is 12.3. The van der Waals surface area contributed by atoms with E-state index in [2.05, 4.69) is 20.9 Å². The van der Waals surface area contributed by atoms with Crippen molar-refractivity contribution in [2.24, 2.45) is 0 Å². The van der Waals surface area contributed by atoms with Crippen LogP contribution in [0.25, 0.3) is 0 Å². The summed E-state index contributed by atoms with van der Waals surface area (Å²) in [5.74, 6) is 0.167. The quantitative estimate of drug-likeness (QED) is 0.866. The van der Waals surface area contributed by atoms with Crippen LogP contribution in [0.15, 0.2) is 34.9 Å².